The Hall–Kier alpha value is -1.33. The molecule has 0 aromatic carbocycles. The van der Waals surface area contributed by atoms with E-state index in [4.69, 9.17) is 5.73 Å². The van der Waals surface area contributed by atoms with Gasteiger partial charge in [0, 0.05) is 17.9 Å². The molecular weight excluding hydrogens is 162 g/mol. The van der Waals surface area contributed by atoms with Gasteiger partial charge >= 0.3 is 6.03 Å². The molecule has 0 saturated heterocycles. The lowest BCUT2D eigenvalue weighted by molar-refractivity contribution is -0.480. The van der Waals surface area contributed by atoms with Gasteiger partial charge in [-0.3, -0.25) is 10.1 Å². The fraction of sp³-hybridized carbons (Fsp3) is 0.833. The van der Waals surface area contributed by atoms with Crippen molar-refractivity contribution >= 4 is 6.03 Å². The summed E-state index contributed by atoms with van der Waals surface area (Å²) in [6.45, 7) is 0.490. The lowest BCUT2D eigenvalue weighted by Gasteiger charge is -1.99. The Morgan fingerprint density at radius 2 is 2.08 bits per heavy atom. The number of unbranched alkanes of at least 4 members (excludes halogenated alkanes) is 2. The van der Waals surface area contributed by atoms with Crippen LogP contribution in [0.25, 0.3) is 0 Å². The van der Waals surface area contributed by atoms with Crippen molar-refractivity contribution in [3.63, 3.8) is 0 Å². The average Bonchev–Trinajstić information content (AvgIpc) is 1.95. The summed E-state index contributed by atoms with van der Waals surface area (Å²) in [6, 6.07) is -0.552. The maximum Gasteiger partial charge on any atom is 0.312 e. The van der Waals surface area contributed by atoms with E-state index in [0.29, 0.717) is 13.0 Å². The van der Waals surface area contributed by atoms with Gasteiger partial charge in [-0.2, -0.15) is 0 Å². The van der Waals surface area contributed by atoms with E-state index >= 15 is 0 Å². The molecule has 70 valence electrons. The number of nitrogens with two attached hydrogens (primary N) is 1. The first-order valence-corrected chi connectivity index (χ1v) is 3.78. The molecule has 0 atom stereocenters. The molecule has 0 saturated carbocycles. The van der Waals surface area contributed by atoms with Gasteiger partial charge in [0.15, 0.2) is 0 Å². The minimum atomic E-state index is -0.552. The monoisotopic (exact) mass is 175 g/mol. The molecule has 0 unspecified atom stereocenters. The Bertz CT molecular complexity index is 142. The molecule has 0 heterocycles. The van der Waals surface area contributed by atoms with Gasteiger partial charge in [0.25, 0.3) is 0 Å². The summed E-state index contributed by atoms with van der Waals surface area (Å²) in [5.74, 6) is 0. The lowest BCUT2D eigenvalue weighted by atomic mass is 10.2. The van der Waals surface area contributed by atoms with Crippen LogP contribution in [-0.4, -0.2) is 24.0 Å². The van der Waals surface area contributed by atoms with Crippen LogP contribution in [0.15, 0.2) is 0 Å². The topological polar surface area (TPSA) is 98.3 Å². The number of urea groups is 1. The first-order valence-electron chi connectivity index (χ1n) is 3.78. The van der Waals surface area contributed by atoms with E-state index in [2.05, 4.69) is 5.32 Å². The van der Waals surface area contributed by atoms with Crippen molar-refractivity contribution in [1.29, 1.82) is 0 Å². The van der Waals surface area contributed by atoms with Crippen LogP contribution < -0.4 is 11.1 Å². The van der Waals surface area contributed by atoms with Crippen molar-refractivity contribution in [2.45, 2.75) is 19.3 Å². The van der Waals surface area contributed by atoms with Crippen molar-refractivity contribution in [2.24, 2.45) is 5.73 Å². The Morgan fingerprint density at radius 3 is 2.58 bits per heavy atom. The zero-order valence-electron chi connectivity index (χ0n) is 6.78. The summed E-state index contributed by atoms with van der Waals surface area (Å²) in [5.41, 5.74) is 4.80. The molecule has 0 bridgehead atoms. The van der Waals surface area contributed by atoms with E-state index < -0.39 is 6.03 Å². The third-order valence-electron chi connectivity index (χ3n) is 1.32. The standard InChI is InChI=1S/C6H13N3O3/c7-6(10)8-4-2-1-3-5-9(11)12/h1-5H2,(H3,7,8,10). The molecule has 0 aliphatic rings. The van der Waals surface area contributed by atoms with Crippen LogP contribution in [-0.2, 0) is 0 Å². The molecular formula is C6H13N3O3. The maximum absolute atomic E-state index is 10.1. The molecule has 0 spiro atoms. The zero-order chi connectivity index (χ0) is 9.40. The van der Waals surface area contributed by atoms with Gasteiger partial charge in [0.05, 0.1) is 0 Å². The summed E-state index contributed by atoms with van der Waals surface area (Å²) in [6.07, 6.45) is 2.02. The van der Waals surface area contributed by atoms with Crippen molar-refractivity contribution in [3.05, 3.63) is 10.1 Å². The number of primary amides is 1. The molecule has 2 amide bonds. The number of nitrogens with one attached hydrogen (secondary N) is 1. The Balaban J connectivity index is 3.01. The van der Waals surface area contributed by atoms with Gasteiger partial charge in [-0.15, -0.1) is 0 Å². The summed E-state index contributed by atoms with van der Waals surface area (Å²) >= 11 is 0. The molecule has 0 rings (SSSR count). The largest absolute Gasteiger partial charge is 0.352 e. The normalized spacial score (nSPS) is 9.33. The first-order chi connectivity index (χ1) is 5.63. The summed E-state index contributed by atoms with van der Waals surface area (Å²) < 4.78 is 0. The van der Waals surface area contributed by atoms with Gasteiger partial charge in [-0.1, -0.05) is 0 Å². The SMILES string of the molecule is NC(=O)NCCCCC[N+](=O)[O-]. The molecule has 0 aromatic heterocycles. The van der Waals surface area contributed by atoms with Gasteiger partial charge in [-0.05, 0) is 12.8 Å². The van der Waals surface area contributed by atoms with E-state index in [1.54, 1.807) is 0 Å². The Labute approximate surface area is 70.3 Å². The smallest absolute Gasteiger partial charge is 0.312 e. The highest BCUT2D eigenvalue weighted by Gasteiger charge is 1.96. The van der Waals surface area contributed by atoms with E-state index in [1.165, 1.54) is 0 Å². The second-order valence-electron chi connectivity index (χ2n) is 2.41. The number of hydrogen-bond acceptors (Lipinski definition) is 3. The number of carbonyl (C=O) groups excluding carboxylic acids is 1. The molecule has 12 heavy (non-hydrogen) atoms. The minimum absolute atomic E-state index is 0.00340. The molecule has 3 N–H and O–H groups in total. The van der Waals surface area contributed by atoms with Crippen LogP contribution in [0, 0.1) is 10.1 Å². The first kappa shape index (κ1) is 10.7. The molecule has 0 aliphatic heterocycles. The van der Waals surface area contributed by atoms with E-state index in [0.717, 1.165) is 12.8 Å². The highest BCUT2D eigenvalue weighted by molar-refractivity contribution is 5.71. The van der Waals surface area contributed by atoms with Crippen molar-refractivity contribution in [3.8, 4) is 0 Å². The highest BCUT2D eigenvalue weighted by atomic mass is 16.6. The number of rotatable bonds is 6. The summed E-state index contributed by atoms with van der Waals surface area (Å²) in [7, 11) is 0. The van der Waals surface area contributed by atoms with E-state index in [-0.39, 0.29) is 11.5 Å². The molecule has 0 aromatic rings. The zero-order valence-corrected chi connectivity index (χ0v) is 6.78. The van der Waals surface area contributed by atoms with Crippen LogP contribution in [0.3, 0.4) is 0 Å². The number of hydrogen-bond donors (Lipinski definition) is 2. The van der Waals surface area contributed by atoms with Gasteiger partial charge in [0.2, 0.25) is 6.54 Å². The molecule has 6 nitrogen and oxygen atoms in total. The van der Waals surface area contributed by atoms with Crippen LogP contribution in [0.1, 0.15) is 19.3 Å². The average molecular weight is 175 g/mol. The fourth-order valence-corrected chi connectivity index (χ4v) is 0.754. The number of amides is 2. The minimum Gasteiger partial charge on any atom is -0.352 e. The van der Waals surface area contributed by atoms with Crippen molar-refractivity contribution < 1.29 is 9.72 Å². The Kier molecular flexibility index (Phi) is 5.68. The number of nitrogens with zero attached hydrogens (tertiary/aromatic N) is 1. The van der Waals surface area contributed by atoms with Crippen LogP contribution in [0.5, 0.6) is 0 Å². The lowest BCUT2D eigenvalue weighted by Crippen LogP contribution is -2.30. The van der Waals surface area contributed by atoms with E-state index in [9.17, 15) is 14.9 Å². The fourth-order valence-electron chi connectivity index (χ4n) is 0.754. The van der Waals surface area contributed by atoms with Crippen LogP contribution in [0.2, 0.25) is 0 Å². The van der Waals surface area contributed by atoms with Gasteiger partial charge in [-0.25, -0.2) is 4.79 Å². The van der Waals surface area contributed by atoms with Crippen LogP contribution in [0.4, 0.5) is 4.79 Å². The summed E-state index contributed by atoms with van der Waals surface area (Å²) in [4.78, 5) is 19.7. The highest BCUT2D eigenvalue weighted by Crippen LogP contribution is 1.93. The second-order valence-corrected chi connectivity index (χ2v) is 2.41. The second kappa shape index (κ2) is 6.38. The van der Waals surface area contributed by atoms with Crippen molar-refractivity contribution in [2.75, 3.05) is 13.1 Å². The van der Waals surface area contributed by atoms with Gasteiger partial charge in [0.1, 0.15) is 0 Å². The maximum atomic E-state index is 10.1. The Morgan fingerprint density at radius 1 is 1.42 bits per heavy atom. The van der Waals surface area contributed by atoms with Gasteiger partial charge < -0.3 is 11.1 Å². The predicted molar refractivity (Wildman–Crippen MR) is 43.3 cm³/mol. The number of carbonyl (C=O) groups is 1. The molecule has 0 fully saturated rings. The quantitative estimate of drug-likeness (QED) is 0.340. The summed E-state index contributed by atoms with van der Waals surface area (Å²) in [5, 5.41) is 12.3. The van der Waals surface area contributed by atoms with Crippen LogP contribution >= 0.6 is 0 Å². The van der Waals surface area contributed by atoms with Crippen molar-refractivity contribution in [1.82, 2.24) is 5.32 Å². The molecule has 0 radical (unpaired) electrons. The predicted octanol–water partition coefficient (Wildman–Crippen LogP) is 0.102. The van der Waals surface area contributed by atoms with E-state index in [1.807, 2.05) is 0 Å². The number of nitro groups is 1. The molecule has 0 aliphatic carbocycles. The molecule has 6 heteroatoms. The third kappa shape index (κ3) is 8.67. The third-order valence-corrected chi connectivity index (χ3v) is 1.32.